The van der Waals surface area contributed by atoms with Gasteiger partial charge in [0.25, 0.3) is 5.79 Å². The Morgan fingerprint density at radius 1 is 1.07 bits per heavy atom. The van der Waals surface area contributed by atoms with Gasteiger partial charge in [-0.2, -0.15) is 0 Å². The monoisotopic (exact) mass is 395 g/mol. The van der Waals surface area contributed by atoms with Crippen LogP contribution in [-0.2, 0) is 13.1 Å². The summed E-state index contributed by atoms with van der Waals surface area (Å²) < 4.78 is 12.1. The van der Waals surface area contributed by atoms with Gasteiger partial charge in [-0.15, -0.1) is 0 Å². The highest BCUT2D eigenvalue weighted by molar-refractivity contribution is 5.89. The van der Waals surface area contributed by atoms with Crippen molar-refractivity contribution in [2.45, 2.75) is 51.5 Å². The Hall–Kier alpha value is -2.73. The second-order valence-electron chi connectivity index (χ2n) is 7.94. The summed E-state index contributed by atoms with van der Waals surface area (Å²) in [6, 6.07) is 13.6. The molecule has 1 fully saturated rings. The highest BCUT2D eigenvalue weighted by Gasteiger charge is 2.44. The number of anilines is 1. The summed E-state index contributed by atoms with van der Waals surface area (Å²) in [7, 11) is 2.10. The number of nitrogens with zero attached hydrogens (tertiary/aromatic N) is 1. The number of carbonyl (C=O) groups excluding carboxylic acids is 1. The van der Waals surface area contributed by atoms with E-state index in [-0.39, 0.29) is 6.03 Å². The van der Waals surface area contributed by atoms with Gasteiger partial charge in [0, 0.05) is 37.7 Å². The average molecular weight is 396 g/mol. The molecule has 0 unspecified atom stereocenters. The van der Waals surface area contributed by atoms with Crippen molar-refractivity contribution < 1.29 is 14.3 Å². The van der Waals surface area contributed by atoms with E-state index in [4.69, 9.17) is 9.47 Å². The molecular weight excluding hydrogens is 366 g/mol. The summed E-state index contributed by atoms with van der Waals surface area (Å²) in [5.41, 5.74) is 3.01. The third-order valence-electron chi connectivity index (χ3n) is 5.60. The predicted molar refractivity (Wildman–Crippen MR) is 113 cm³/mol. The van der Waals surface area contributed by atoms with Crippen LogP contribution in [0.1, 0.15) is 43.7 Å². The zero-order valence-corrected chi connectivity index (χ0v) is 17.2. The van der Waals surface area contributed by atoms with Crippen LogP contribution in [0.25, 0.3) is 0 Å². The second-order valence-corrected chi connectivity index (χ2v) is 7.94. The Bertz CT molecular complexity index is 877. The molecule has 154 valence electrons. The van der Waals surface area contributed by atoms with Gasteiger partial charge in [0.05, 0.1) is 0 Å². The highest BCUT2D eigenvalue weighted by Crippen LogP contribution is 2.47. The van der Waals surface area contributed by atoms with Crippen molar-refractivity contribution in [1.82, 2.24) is 10.2 Å². The lowest BCUT2D eigenvalue weighted by Crippen LogP contribution is -2.34. The molecule has 2 aromatic carbocycles. The number of hydrogen-bond donors (Lipinski definition) is 2. The zero-order valence-electron chi connectivity index (χ0n) is 17.2. The number of urea groups is 1. The molecule has 0 atom stereocenters. The predicted octanol–water partition coefficient (Wildman–Crippen LogP) is 4.50. The molecule has 2 N–H and O–H groups in total. The summed E-state index contributed by atoms with van der Waals surface area (Å²) in [6.07, 6.45) is 4.07. The van der Waals surface area contributed by atoms with Crippen molar-refractivity contribution in [2.75, 3.05) is 18.9 Å². The van der Waals surface area contributed by atoms with Crippen molar-refractivity contribution in [3.05, 3.63) is 53.6 Å². The molecule has 2 aliphatic rings. The van der Waals surface area contributed by atoms with Gasteiger partial charge in [0.15, 0.2) is 11.5 Å². The SMILES string of the molecule is CCN(C)Cc1cccc(CNC(=O)Nc2ccc3c(c2)OC2(CCCC2)O3)c1. The standard InChI is InChI=1S/C23H29N3O3/c1-3-26(2)16-18-8-6-7-17(13-18)15-24-22(27)25-19-9-10-20-21(14-19)29-23(28-20)11-4-5-12-23/h6-10,13-14H,3-5,11-12,15-16H2,1-2H3,(H2,24,25,27). The van der Waals surface area contributed by atoms with Crippen LogP contribution in [-0.4, -0.2) is 30.3 Å². The fraction of sp³-hybridized carbons (Fsp3) is 0.435. The van der Waals surface area contributed by atoms with Gasteiger partial charge in [-0.1, -0.05) is 31.2 Å². The Labute approximate surface area is 172 Å². The van der Waals surface area contributed by atoms with Crippen LogP contribution in [0.5, 0.6) is 11.5 Å². The van der Waals surface area contributed by atoms with Crippen molar-refractivity contribution in [2.24, 2.45) is 0 Å². The van der Waals surface area contributed by atoms with E-state index in [1.165, 1.54) is 5.56 Å². The summed E-state index contributed by atoms with van der Waals surface area (Å²) in [5.74, 6) is 0.976. The van der Waals surface area contributed by atoms with Crippen molar-refractivity contribution in [1.29, 1.82) is 0 Å². The van der Waals surface area contributed by atoms with Crippen molar-refractivity contribution in [3.8, 4) is 11.5 Å². The lowest BCUT2D eigenvalue weighted by molar-refractivity contribution is -0.0716. The zero-order chi connectivity index (χ0) is 20.3. The minimum atomic E-state index is -0.486. The van der Waals surface area contributed by atoms with Gasteiger partial charge in [0.1, 0.15) is 0 Å². The Morgan fingerprint density at radius 2 is 1.83 bits per heavy atom. The largest absolute Gasteiger partial charge is 0.448 e. The minimum absolute atomic E-state index is 0.240. The normalized spacial score (nSPS) is 16.4. The van der Waals surface area contributed by atoms with E-state index in [0.717, 1.165) is 50.1 Å². The third kappa shape index (κ3) is 4.65. The lowest BCUT2D eigenvalue weighted by Gasteiger charge is -2.21. The molecule has 0 bridgehead atoms. The van der Waals surface area contributed by atoms with E-state index < -0.39 is 5.79 Å². The molecule has 1 heterocycles. The molecule has 4 rings (SSSR count). The molecule has 0 saturated heterocycles. The second kappa shape index (κ2) is 8.33. The van der Waals surface area contributed by atoms with Crippen LogP contribution >= 0.6 is 0 Å². The van der Waals surface area contributed by atoms with Gasteiger partial charge in [0.2, 0.25) is 0 Å². The number of rotatable bonds is 6. The fourth-order valence-corrected chi connectivity index (χ4v) is 3.91. The first-order valence-electron chi connectivity index (χ1n) is 10.4. The first kappa shape index (κ1) is 19.6. The van der Waals surface area contributed by atoms with E-state index in [2.05, 4.69) is 41.6 Å². The number of hydrogen-bond acceptors (Lipinski definition) is 4. The molecule has 1 aliphatic carbocycles. The first-order chi connectivity index (χ1) is 14.0. The molecule has 1 saturated carbocycles. The van der Waals surface area contributed by atoms with Gasteiger partial charge < -0.3 is 25.0 Å². The molecule has 2 aromatic rings. The average Bonchev–Trinajstić information content (AvgIpc) is 3.32. The van der Waals surface area contributed by atoms with Gasteiger partial charge in [-0.05, 0) is 49.7 Å². The number of benzene rings is 2. The Morgan fingerprint density at radius 3 is 2.62 bits per heavy atom. The van der Waals surface area contributed by atoms with Gasteiger partial charge in [-0.25, -0.2) is 4.79 Å². The number of amides is 2. The van der Waals surface area contributed by atoms with Crippen LogP contribution in [0.15, 0.2) is 42.5 Å². The summed E-state index contributed by atoms with van der Waals surface area (Å²) >= 11 is 0. The molecule has 2 amide bonds. The quantitative estimate of drug-likeness (QED) is 0.756. The fourth-order valence-electron chi connectivity index (χ4n) is 3.91. The van der Waals surface area contributed by atoms with Crippen LogP contribution < -0.4 is 20.1 Å². The lowest BCUT2D eigenvalue weighted by atomic mass is 10.1. The molecule has 6 heteroatoms. The molecule has 0 aromatic heterocycles. The summed E-state index contributed by atoms with van der Waals surface area (Å²) in [4.78, 5) is 14.6. The molecular formula is C23H29N3O3. The maximum atomic E-state index is 12.3. The Kier molecular flexibility index (Phi) is 5.62. The molecule has 1 spiro atoms. The number of nitrogens with one attached hydrogen (secondary N) is 2. The topological polar surface area (TPSA) is 62.8 Å². The van der Waals surface area contributed by atoms with E-state index in [1.807, 2.05) is 30.3 Å². The smallest absolute Gasteiger partial charge is 0.319 e. The van der Waals surface area contributed by atoms with E-state index in [1.54, 1.807) is 0 Å². The molecule has 0 radical (unpaired) electrons. The minimum Gasteiger partial charge on any atom is -0.448 e. The molecule has 6 nitrogen and oxygen atoms in total. The molecule has 1 aliphatic heterocycles. The van der Waals surface area contributed by atoms with Crippen molar-refractivity contribution in [3.63, 3.8) is 0 Å². The van der Waals surface area contributed by atoms with Crippen LogP contribution in [0.3, 0.4) is 0 Å². The van der Waals surface area contributed by atoms with Gasteiger partial charge >= 0.3 is 6.03 Å². The third-order valence-corrected chi connectivity index (χ3v) is 5.60. The molecule has 29 heavy (non-hydrogen) atoms. The van der Waals surface area contributed by atoms with Crippen LogP contribution in [0.4, 0.5) is 10.5 Å². The number of ether oxygens (including phenoxy) is 2. The van der Waals surface area contributed by atoms with E-state index in [0.29, 0.717) is 18.0 Å². The van der Waals surface area contributed by atoms with Crippen LogP contribution in [0, 0.1) is 0 Å². The maximum absolute atomic E-state index is 12.3. The highest BCUT2D eigenvalue weighted by atomic mass is 16.7. The van der Waals surface area contributed by atoms with E-state index >= 15 is 0 Å². The Balaban J connectivity index is 1.31. The van der Waals surface area contributed by atoms with E-state index in [9.17, 15) is 4.79 Å². The van der Waals surface area contributed by atoms with Crippen LogP contribution in [0.2, 0.25) is 0 Å². The summed E-state index contributed by atoms with van der Waals surface area (Å²) in [5, 5.41) is 5.81. The number of fused-ring (bicyclic) bond motifs is 1. The van der Waals surface area contributed by atoms with Crippen molar-refractivity contribution >= 4 is 11.7 Å². The maximum Gasteiger partial charge on any atom is 0.319 e. The first-order valence-corrected chi connectivity index (χ1v) is 10.4. The van der Waals surface area contributed by atoms with Gasteiger partial charge in [-0.3, -0.25) is 0 Å². The summed E-state index contributed by atoms with van der Waals surface area (Å²) in [6.45, 7) is 4.51. The number of carbonyl (C=O) groups is 1.